The molecule has 0 N–H and O–H groups in total. The van der Waals surface area contributed by atoms with Gasteiger partial charge in [0.25, 0.3) is 0 Å². The van der Waals surface area contributed by atoms with Crippen molar-refractivity contribution in [1.29, 1.82) is 0 Å². The molecule has 2 aliphatic heterocycles. The number of ether oxygens (including phenoxy) is 2. The lowest BCUT2D eigenvalue weighted by atomic mass is 9.92. The van der Waals surface area contributed by atoms with E-state index in [0.29, 0.717) is 11.8 Å². The summed E-state index contributed by atoms with van der Waals surface area (Å²) < 4.78 is 39.9. The zero-order valence-electron chi connectivity index (χ0n) is 22.3. The quantitative estimate of drug-likeness (QED) is 0.315. The summed E-state index contributed by atoms with van der Waals surface area (Å²) in [6.07, 6.45) is 11.6. The van der Waals surface area contributed by atoms with Crippen molar-refractivity contribution in [2.75, 3.05) is 19.6 Å². The summed E-state index contributed by atoms with van der Waals surface area (Å²) in [7, 11) is 0. The van der Waals surface area contributed by atoms with Crippen LogP contribution in [0, 0.1) is 23.5 Å². The van der Waals surface area contributed by atoms with Crippen LogP contribution in [0.25, 0.3) is 0 Å². The Kier molecular flexibility index (Phi) is 9.20. The molecule has 4 rings (SSSR count). The van der Waals surface area contributed by atoms with Gasteiger partial charge in [0.05, 0.1) is 0 Å². The number of allylic oxidation sites excluding steroid dienone is 3. The first kappa shape index (κ1) is 27.1. The molecule has 0 saturated carbocycles. The van der Waals surface area contributed by atoms with Crippen LogP contribution < -0.4 is 9.47 Å². The summed E-state index contributed by atoms with van der Waals surface area (Å²) in [6, 6.07) is 9.63. The molecule has 4 unspecified atom stereocenters. The highest BCUT2D eigenvalue weighted by Gasteiger charge is 2.30. The van der Waals surface area contributed by atoms with Crippen molar-refractivity contribution in [1.82, 2.24) is 4.90 Å². The fourth-order valence-corrected chi connectivity index (χ4v) is 5.50. The third-order valence-corrected chi connectivity index (χ3v) is 7.58. The molecule has 0 fully saturated rings. The van der Waals surface area contributed by atoms with Crippen molar-refractivity contribution >= 4 is 0 Å². The Balaban J connectivity index is 1.44. The normalized spacial score (nSPS) is 21.1. The molecule has 0 radical (unpaired) electrons. The molecule has 198 valence electrons. The Morgan fingerprint density at radius 2 is 1.46 bits per heavy atom. The maximum absolute atomic E-state index is 13.6. The van der Waals surface area contributed by atoms with Crippen LogP contribution in [0.1, 0.15) is 44.7 Å². The average molecular weight is 508 g/mol. The molecule has 37 heavy (non-hydrogen) atoms. The molecule has 2 aromatic carbocycles. The van der Waals surface area contributed by atoms with Gasteiger partial charge in [-0.05, 0) is 85.7 Å². The Hall–Kier alpha value is -2.92. The van der Waals surface area contributed by atoms with Crippen LogP contribution in [-0.2, 0) is 12.8 Å². The predicted molar refractivity (Wildman–Crippen MR) is 146 cm³/mol. The number of benzene rings is 2. The third-order valence-electron chi connectivity index (χ3n) is 7.58. The second-order valence-electron chi connectivity index (χ2n) is 10.5. The van der Waals surface area contributed by atoms with Crippen molar-refractivity contribution in [3.8, 4) is 11.5 Å². The third kappa shape index (κ3) is 7.10. The number of hydrogen-bond donors (Lipinski definition) is 0. The molecule has 2 aliphatic rings. The molecule has 5 heteroatoms. The number of aryl methyl sites for hydroxylation is 2. The smallest absolute Gasteiger partial charge is 0.123 e. The van der Waals surface area contributed by atoms with Crippen molar-refractivity contribution < 1.29 is 18.3 Å². The summed E-state index contributed by atoms with van der Waals surface area (Å²) in [5.74, 6) is 1.78. The fourth-order valence-electron chi connectivity index (χ4n) is 5.50. The zero-order valence-corrected chi connectivity index (χ0v) is 22.3. The number of fused-ring (bicyclic) bond motifs is 2. The van der Waals surface area contributed by atoms with E-state index < -0.39 is 0 Å². The maximum atomic E-state index is 13.6. The van der Waals surface area contributed by atoms with E-state index in [4.69, 9.17) is 9.47 Å². The Morgan fingerprint density at radius 3 is 1.92 bits per heavy atom. The van der Waals surface area contributed by atoms with Crippen molar-refractivity contribution in [3.63, 3.8) is 0 Å². The molecule has 2 heterocycles. The molecule has 0 spiro atoms. The second kappa shape index (κ2) is 12.6. The summed E-state index contributed by atoms with van der Waals surface area (Å²) in [6.45, 7) is 12.9. The first-order chi connectivity index (χ1) is 17.9. The Labute approximate surface area is 220 Å². The number of rotatable bonds is 10. The molecule has 2 aromatic rings. The predicted octanol–water partition coefficient (Wildman–Crippen LogP) is 7.31. The number of hydrogen-bond acceptors (Lipinski definition) is 3. The summed E-state index contributed by atoms with van der Waals surface area (Å²) in [4.78, 5) is 2.49. The van der Waals surface area contributed by atoms with Crippen LogP contribution in [0.15, 0.2) is 72.9 Å². The van der Waals surface area contributed by atoms with Gasteiger partial charge in [-0.3, -0.25) is 4.90 Å². The molecule has 4 atom stereocenters. The molecule has 0 saturated heterocycles. The molecule has 0 bridgehead atoms. The van der Waals surface area contributed by atoms with Crippen LogP contribution >= 0.6 is 0 Å². The van der Waals surface area contributed by atoms with Gasteiger partial charge in [-0.1, -0.05) is 44.7 Å². The summed E-state index contributed by atoms with van der Waals surface area (Å²) >= 11 is 0. The average Bonchev–Trinajstić information content (AvgIpc) is 2.90. The first-order valence-corrected chi connectivity index (χ1v) is 13.4. The van der Waals surface area contributed by atoms with Crippen LogP contribution in [0.3, 0.4) is 0 Å². The minimum atomic E-state index is -0.210. The van der Waals surface area contributed by atoms with Gasteiger partial charge in [0.15, 0.2) is 0 Å². The lowest BCUT2D eigenvalue weighted by Crippen LogP contribution is -2.43. The number of halogens is 2. The zero-order chi connectivity index (χ0) is 26.4. The van der Waals surface area contributed by atoms with Crippen LogP contribution in [0.5, 0.6) is 11.5 Å². The van der Waals surface area contributed by atoms with Crippen molar-refractivity contribution in [3.05, 3.63) is 95.6 Å². The van der Waals surface area contributed by atoms with Gasteiger partial charge in [0, 0.05) is 31.5 Å². The van der Waals surface area contributed by atoms with Gasteiger partial charge in [-0.25, -0.2) is 8.78 Å². The van der Waals surface area contributed by atoms with Crippen LogP contribution in [0.4, 0.5) is 8.78 Å². The van der Waals surface area contributed by atoms with Gasteiger partial charge in [0.1, 0.15) is 35.3 Å². The highest BCUT2D eigenvalue weighted by molar-refractivity contribution is 5.37. The van der Waals surface area contributed by atoms with E-state index in [9.17, 15) is 8.78 Å². The summed E-state index contributed by atoms with van der Waals surface area (Å²) in [5.41, 5.74) is 3.14. The van der Waals surface area contributed by atoms with Gasteiger partial charge < -0.3 is 9.47 Å². The maximum Gasteiger partial charge on any atom is 0.123 e. The Bertz CT molecular complexity index is 1070. The monoisotopic (exact) mass is 507 g/mol. The molecular formula is C32H39F2NO2. The minimum absolute atomic E-state index is 0.0845. The standard InChI is InChI=1S/C32H39F2NO2/c1-5-7-8-24(6-2)21-35(19-22(3)29-13-9-25-17-27(33)11-15-31(25)36-29)20-23(4)30-14-10-26-18-28(34)12-16-32(26)37-30/h5-8,11-12,15-18,22-23,29-30H,1,9-10,13-14,19-21H2,2-4H3/b8-7-,24-6?. The largest absolute Gasteiger partial charge is 0.490 e. The second-order valence-corrected chi connectivity index (χ2v) is 10.5. The molecule has 0 aromatic heterocycles. The molecular weight excluding hydrogens is 468 g/mol. The SMILES string of the molecule is C=C/C=C\C(=CC)CN(CC(C)C1CCc2cc(F)ccc2O1)CC(C)C1CCc2cc(F)ccc2O1. The lowest BCUT2D eigenvalue weighted by molar-refractivity contribution is 0.0658. The summed E-state index contributed by atoms with van der Waals surface area (Å²) in [5, 5.41) is 0. The highest BCUT2D eigenvalue weighted by Crippen LogP contribution is 2.33. The van der Waals surface area contributed by atoms with E-state index in [-0.39, 0.29) is 23.8 Å². The van der Waals surface area contributed by atoms with E-state index in [1.54, 1.807) is 30.3 Å². The number of nitrogens with zero attached hydrogens (tertiary/aromatic N) is 1. The van der Waals surface area contributed by atoms with Gasteiger partial charge >= 0.3 is 0 Å². The van der Waals surface area contributed by atoms with E-state index >= 15 is 0 Å². The first-order valence-electron chi connectivity index (χ1n) is 13.4. The van der Waals surface area contributed by atoms with Gasteiger partial charge in [-0.15, -0.1) is 0 Å². The Morgan fingerprint density at radius 1 is 0.946 bits per heavy atom. The van der Waals surface area contributed by atoms with Gasteiger partial charge in [0.2, 0.25) is 0 Å². The minimum Gasteiger partial charge on any atom is -0.490 e. The molecule has 3 nitrogen and oxygen atoms in total. The van der Waals surface area contributed by atoms with Gasteiger partial charge in [-0.2, -0.15) is 0 Å². The van der Waals surface area contributed by atoms with Crippen LogP contribution in [0.2, 0.25) is 0 Å². The van der Waals surface area contributed by atoms with Crippen molar-refractivity contribution in [2.45, 2.75) is 58.7 Å². The molecule has 0 amide bonds. The van der Waals surface area contributed by atoms with Crippen molar-refractivity contribution in [2.24, 2.45) is 11.8 Å². The van der Waals surface area contributed by atoms with E-state index in [1.165, 1.54) is 17.7 Å². The lowest BCUT2D eigenvalue weighted by Gasteiger charge is -2.37. The van der Waals surface area contributed by atoms with E-state index in [1.807, 2.05) is 6.08 Å². The molecule has 0 aliphatic carbocycles. The topological polar surface area (TPSA) is 21.7 Å². The van der Waals surface area contributed by atoms with E-state index in [2.05, 4.69) is 44.4 Å². The van der Waals surface area contributed by atoms with Crippen LogP contribution in [-0.4, -0.2) is 36.7 Å². The van der Waals surface area contributed by atoms with E-state index in [0.717, 1.165) is 67.9 Å². The fraction of sp³-hybridized carbons (Fsp3) is 0.438. The highest BCUT2D eigenvalue weighted by atomic mass is 19.1.